The van der Waals surface area contributed by atoms with E-state index in [4.69, 9.17) is 0 Å². The lowest BCUT2D eigenvalue weighted by Gasteiger charge is -2.37. The largest absolute Gasteiger partial charge is 0.435 e. The molecule has 0 aliphatic carbocycles. The lowest BCUT2D eigenvalue weighted by atomic mass is 9.99. The second-order valence-electron chi connectivity index (χ2n) is 9.56. The molecule has 1 aliphatic rings. The molecule has 0 radical (unpaired) electrons. The Kier molecular flexibility index (Phi) is 10.0. The monoisotopic (exact) mass is 531 g/mol. The minimum absolute atomic E-state index is 0.00363. The van der Waals surface area contributed by atoms with Crippen molar-refractivity contribution in [1.82, 2.24) is 4.90 Å². The molecule has 0 aromatic heterocycles. The molecule has 4 nitrogen and oxygen atoms in total. The molecule has 4 rings (SSSR count). The van der Waals surface area contributed by atoms with Gasteiger partial charge in [0.15, 0.2) is 0 Å². The van der Waals surface area contributed by atoms with Gasteiger partial charge in [-0.3, -0.25) is 4.90 Å². The smallest absolute Gasteiger partial charge is 0.387 e. The first kappa shape index (κ1) is 27.9. The minimum atomic E-state index is -2.85. The first-order valence-corrected chi connectivity index (χ1v) is 12.9. The van der Waals surface area contributed by atoms with E-state index >= 15 is 0 Å². The number of likely N-dealkylation sites (tertiary alicyclic amines) is 1. The van der Waals surface area contributed by atoms with Crippen molar-refractivity contribution in [3.05, 3.63) is 95.6 Å². The third-order valence-corrected chi connectivity index (χ3v) is 7.22. The lowest BCUT2D eigenvalue weighted by Crippen LogP contribution is -2.41. The quantitative estimate of drug-likeness (QED) is 0.241. The maximum Gasteiger partial charge on any atom is 0.387 e. The molecule has 38 heavy (non-hydrogen) atoms. The molecule has 0 amide bonds. The Morgan fingerprint density at radius 1 is 0.684 bits per heavy atom. The maximum absolute atomic E-state index is 12.5. The zero-order valence-electron chi connectivity index (χ0n) is 21.1. The highest BCUT2D eigenvalue weighted by Gasteiger charge is 2.37. The van der Waals surface area contributed by atoms with Crippen molar-refractivity contribution in [1.29, 1.82) is 0 Å². The van der Waals surface area contributed by atoms with Gasteiger partial charge in [0, 0.05) is 12.1 Å². The number of hydrogen-bond acceptors (Lipinski definition) is 4. The molecule has 0 saturated carbocycles. The van der Waals surface area contributed by atoms with Gasteiger partial charge >= 0.3 is 13.2 Å². The molecule has 1 N–H and O–H groups in total. The Labute approximate surface area is 220 Å². The summed E-state index contributed by atoms with van der Waals surface area (Å²) >= 11 is 0. The van der Waals surface area contributed by atoms with Gasteiger partial charge in [0.05, 0.1) is 12.6 Å². The number of nitrogens with zero attached hydrogens (tertiary/aromatic N) is 1. The zero-order valence-corrected chi connectivity index (χ0v) is 21.1. The molecule has 3 aromatic rings. The predicted octanol–water partition coefficient (Wildman–Crippen LogP) is 7.02. The van der Waals surface area contributed by atoms with Crippen LogP contribution >= 0.6 is 0 Å². The molecule has 0 spiro atoms. The summed E-state index contributed by atoms with van der Waals surface area (Å²) in [6.07, 6.45) is 5.27. The van der Waals surface area contributed by atoms with Gasteiger partial charge in [0.25, 0.3) is 0 Å². The van der Waals surface area contributed by atoms with Crippen LogP contribution in [0, 0.1) is 0 Å². The van der Waals surface area contributed by atoms with Crippen LogP contribution in [0.4, 0.5) is 17.6 Å². The molecular formula is C30H33F4NO3. The van der Waals surface area contributed by atoms with Crippen LogP contribution in [0.2, 0.25) is 0 Å². The van der Waals surface area contributed by atoms with E-state index in [1.165, 1.54) is 0 Å². The molecule has 0 bridgehead atoms. The summed E-state index contributed by atoms with van der Waals surface area (Å²) < 4.78 is 58.7. The van der Waals surface area contributed by atoms with Crippen molar-refractivity contribution in [2.45, 2.75) is 69.9 Å². The third kappa shape index (κ3) is 7.71. The summed E-state index contributed by atoms with van der Waals surface area (Å²) in [4.78, 5) is 2.44. The van der Waals surface area contributed by atoms with Crippen molar-refractivity contribution in [2.75, 3.05) is 6.61 Å². The number of aryl methyl sites for hydroxylation is 2. The fourth-order valence-corrected chi connectivity index (χ4v) is 5.47. The number of halogens is 4. The summed E-state index contributed by atoms with van der Waals surface area (Å²) in [5.41, 5.74) is 3.15. The number of rotatable bonds is 13. The van der Waals surface area contributed by atoms with Crippen LogP contribution in [0.3, 0.4) is 0 Å². The summed E-state index contributed by atoms with van der Waals surface area (Å²) in [5, 5.41) is 10.5. The van der Waals surface area contributed by atoms with E-state index < -0.39 is 13.2 Å². The van der Waals surface area contributed by atoms with Crippen LogP contribution in [-0.2, 0) is 12.8 Å². The van der Waals surface area contributed by atoms with E-state index in [0.717, 1.165) is 55.2 Å². The van der Waals surface area contributed by atoms with Gasteiger partial charge in [-0.2, -0.15) is 17.6 Å². The number of aliphatic hydroxyl groups excluding tert-OH is 1. The van der Waals surface area contributed by atoms with Crippen molar-refractivity contribution in [2.24, 2.45) is 0 Å². The Bertz CT molecular complexity index is 1030. The van der Waals surface area contributed by atoms with E-state index in [1.807, 2.05) is 54.6 Å². The van der Waals surface area contributed by atoms with Crippen molar-refractivity contribution in [3.8, 4) is 11.5 Å². The Morgan fingerprint density at radius 2 is 1.13 bits per heavy atom. The van der Waals surface area contributed by atoms with Crippen LogP contribution in [-0.4, -0.2) is 41.9 Å². The van der Waals surface area contributed by atoms with Crippen LogP contribution in [0.15, 0.2) is 78.9 Å². The van der Waals surface area contributed by atoms with Crippen LogP contribution in [0.5, 0.6) is 11.5 Å². The van der Waals surface area contributed by atoms with Gasteiger partial charge < -0.3 is 14.6 Å². The Hall–Kier alpha value is -3.10. The minimum Gasteiger partial charge on any atom is -0.435 e. The van der Waals surface area contributed by atoms with Crippen molar-refractivity contribution in [3.63, 3.8) is 0 Å². The second kappa shape index (κ2) is 13.6. The fourth-order valence-electron chi connectivity index (χ4n) is 5.47. The van der Waals surface area contributed by atoms with Crippen molar-refractivity contribution >= 4 is 0 Å². The van der Waals surface area contributed by atoms with E-state index in [0.29, 0.717) is 0 Å². The average Bonchev–Trinajstić information content (AvgIpc) is 3.31. The van der Waals surface area contributed by atoms with Gasteiger partial charge in [-0.05, 0) is 79.5 Å². The van der Waals surface area contributed by atoms with Crippen molar-refractivity contribution < 1.29 is 32.1 Å². The van der Waals surface area contributed by atoms with Crippen LogP contribution in [0.1, 0.15) is 48.4 Å². The van der Waals surface area contributed by atoms with E-state index in [1.54, 1.807) is 24.3 Å². The Morgan fingerprint density at radius 3 is 1.53 bits per heavy atom. The van der Waals surface area contributed by atoms with E-state index in [9.17, 15) is 22.7 Å². The molecule has 1 saturated heterocycles. The predicted molar refractivity (Wildman–Crippen MR) is 138 cm³/mol. The highest BCUT2D eigenvalue weighted by Crippen LogP contribution is 2.38. The summed E-state index contributed by atoms with van der Waals surface area (Å²) in [6.45, 7) is -5.69. The molecule has 3 atom stereocenters. The lowest BCUT2D eigenvalue weighted by molar-refractivity contribution is -0.0505. The zero-order chi connectivity index (χ0) is 26.9. The van der Waals surface area contributed by atoms with Gasteiger partial charge in [-0.1, -0.05) is 54.6 Å². The van der Waals surface area contributed by atoms with Gasteiger partial charge in [0.1, 0.15) is 11.5 Å². The maximum atomic E-state index is 12.5. The number of alkyl halides is 4. The molecule has 204 valence electrons. The standard InChI is InChI=1S/C30H33F4NO3/c31-29(32)37-26-16-8-21(9-17-26)6-12-24-14-15-25(35(24)28(20-36)23-4-2-1-3-5-23)13-7-22-10-18-27(19-11-22)38-30(33)34/h1-5,8-11,16-19,24-25,28-30,36H,6-7,12-15,20H2/t24-,25+,28-/m0/s1. The van der Waals surface area contributed by atoms with E-state index in [-0.39, 0.29) is 36.2 Å². The SMILES string of the molecule is OC[C@@H](c1ccccc1)N1[C@H](CCc2ccc(OC(F)F)cc2)CC[C@@H]1CCc1ccc(OC(F)F)cc1. The first-order valence-electron chi connectivity index (χ1n) is 12.9. The van der Waals surface area contributed by atoms with Crippen LogP contribution in [0.25, 0.3) is 0 Å². The topological polar surface area (TPSA) is 41.9 Å². The number of ether oxygens (including phenoxy) is 2. The highest BCUT2D eigenvalue weighted by molar-refractivity contribution is 5.29. The molecule has 3 aromatic carbocycles. The first-order chi connectivity index (χ1) is 18.4. The highest BCUT2D eigenvalue weighted by atomic mass is 19.3. The second-order valence-corrected chi connectivity index (χ2v) is 9.56. The molecule has 1 fully saturated rings. The van der Waals surface area contributed by atoms with Gasteiger partial charge in [0.2, 0.25) is 0 Å². The normalized spacial score (nSPS) is 18.7. The Balaban J connectivity index is 1.45. The molecule has 8 heteroatoms. The molecule has 1 heterocycles. The number of aliphatic hydroxyl groups is 1. The molecule has 0 unspecified atom stereocenters. The number of hydrogen-bond donors (Lipinski definition) is 1. The van der Waals surface area contributed by atoms with Gasteiger partial charge in [-0.15, -0.1) is 0 Å². The molecular weight excluding hydrogens is 498 g/mol. The van der Waals surface area contributed by atoms with Gasteiger partial charge in [-0.25, -0.2) is 0 Å². The average molecular weight is 532 g/mol. The summed E-state index contributed by atoms with van der Waals surface area (Å²) in [6, 6.07) is 23.9. The fraction of sp³-hybridized carbons (Fsp3) is 0.400. The summed E-state index contributed by atoms with van der Waals surface area (Å²) in [7, 11) is 0. The van der Waals surface area contributed by atoms with E-state index in [2.05, 4.69) is 14.4 Å². The number of benzene rings is 3. The summed E-state index contributed by atoms with van der Waals surface area (Å²) in [5.74, 6) is 0.286. The third-order valence-electron chi connectivity index (χ3n) is 7.22. The van der Waals surface area contributed by atoms with Crippen LogP contribution < -0.4 is 9.47 Å². The molecule has 1 aliphatic heterocycles.